The van der Waals surface area contributed by atoms with E-state index in [9.17, 15) is 4.79 Å². The number of likely N-dealkylation sites (N-methyl/N-ethyl adjacent to an activating group) is 1. The molecule has 0 radical (unpaired) electrons. The number of nitrogens with one attached hydrogen (secondary N) is 2. The molecule has 0 aromatic heterocycles. The van der Waals surface area contributed by atoms with Crippen molar-refractivity contribution in [2.24, 2.45) is 10.9 Å². The van der Waals surface area contributed by atoms with Gasteiger partial charge in [0.25, 0.3) is 0 Å². The first-order chi connectivity index (χ1) is 11.8. The highest BCUT2D eigenvalue weighted by Crippen LogP contribution is 2.18. The van der Waals surface area contributed by atoms with Crippen LogP contribution in [0.1, 0.15) is 34.1 Å². The second-order valence-electron chi connectivity index (χ2n) is 7.21. The van der Waals surface area contributed by atoms with Gasteiger partial charge in [-0.2, -0.15) is 0 Å². The Balaban J connectivity index is 2.60. The number of ether oxygens (including phenoxy) is 1. The van der Waals surface area contributed by atoms with E-state index >= 15 is 0 Å². The molecular formula is C18H37N5O2. The molecule has 0 aromatic rings. The van der Waals surface area contributed by atoms with Gasteiger partial charge >= 0.3 is 0 Å². The van der Waals surface area contributed by atoms with Crippen molar-refractivity contribution in [3.05, 3.63) is 0 Å². The number of carbonyl (C=O) groups excluding carboxylic acids is 1. The first-order valence-electron chi connectivity index (χ1n) is 9.41. The van der Waals surface area contributed by atoms with E-state index in [-0.39, 0.29) is 12.5 Å². The third-order valence-corrected chi connectivity index (χ3v) is 4.53. The molecular weight excluding hydrogens is 318 g/mol. The number of nitrogens with zero attached hydrogens (tertiary/aromatic N) is 3. The Kier molecular flexibility index (Phi) is 9.82. The predicted molar refractivity (Wildman–Crippen MR) is 103 cm³/mol. The molecule has 1 aliphatic rings. The summed E-state index contributed by atoms with van der Waals surface area (Å²) in [4.78, 5) is 20.4. The van der Waals surface area contributed by atoms with Crippen LogP contribution in [0.4, 0.5) is 0 Å². The Morgan fingerprint density at radius 3 is 2.64 bits per heavy atom. The highest BCUT2D eigenvalue weighted by atomic mass is 16.5. The van der Waals surface area contributed by atoms with Gasteiger partial charge in [-0.05, 0) is 33.1 Å². The van der Waals surface area contributed by atoms with Gasteiger partial charge in [0.2, 0.25) is 5.91 Å². The van der Waals surface area contributed by atoms with Crippen molar-refractivity contribution in [1.29, 1.82) is 0 Å². The highest BCUT2D eigenvalue weighted by molar-refractivity contribution is 5.85. The molecule has 0 saturated carbocycles. The number of hydrogen-bond acceptors (Lipinski definition) is 4. The molecule has 2 unspecified atom stereocenters. The van der Waals surface area contributed by atoms with Gasteiger partial charge in [0.1, 0.15) is 6.54 Å². The largest absolute Gasteiger partial charge is 0.382 e. The number of rotatable bonds is 9. The van der Waals surface area contributed by atoms with Crippen LogP contribution in [0.2, 0.25) is 0 Å². The SMILES string of the molecule is CCOCCCNC(=NCC(=O)N(C)C)NC1CN(C(C)C)CC1C. The molecule has 1 amide bonds. The maximum absolute atomic E-state index is 11.8. The minimum absolute atomic E-state index is 0.00121. The number of aliphatic imine (C=N–C) groups is 1. The molecule has 0 spiro atoms. The fourth-order valence-corrected chi connectivity index (χ4v) is 2.76. The van der Waals surface area contributed by atoms with E-state index in [1.807, 2.05) is 6.92 Å². The van der Waals surface area contributed by atoms with Crippen LogP contribution >= 0.6 is 0 Å². The maximum Gasteiger partial charge on any atom is 0.243 e. The van der Waals surface area contributed by atoms with Crippen molar-refractivity contribution in [1.82, 2.24) is 20.4 Å². The Labute approximate surface area is 153 Å². The molecule has 1 rings (SSSR count). The van der Waals surface area contributed by atoms with E-state index in [0.29, 0.717) is 24.0 Å². The molecule has 7 nitrogen and oxygen atoms in total. The van der Waals surface area contributed by atoms with Crippen molar-refractivity contribution in [3.8, 4) is 0 Å². The summed E-state index contributed by atoms with van der Waals surface area (Å²) in [6, 6.07) is 0.888. The smallest absolute Gasteiger partial charge is 0.243 e. The van der Waals surface area contributed by atoms with E-state index < -0.39 is 0 Å². The van der Waals surface area contributed by atoms with E-state index in [0.717, 1.165) is 39.3 Å². The summed E-state index contributed by atoms with van der Waals surface area (Å²) in [7, 11) is 3.50. The van der Waals surface area contributed by atoms with Gasteiger partial charge in [0, 0.05) is 59.0 Å². The molecule has 2 atom stereocenters. The molecule has 1 saturated heterocycles. The lowest BCUT2D eigenvalue weighted by Gasteiger charge is -2.22. The topological polar surface area (TPSA) is 69.2 Å². The highest BCUT2D eigenvalue weighted by Gasteiger charge is 2.31. The Bertz CT molecular complexity index is 426. The van der Waals surface area contributed by atoms with Gasteiger partial charge in [-0.25, -0.2) is 4.99 Å². The maximum atomic E-state index is 11.8. The van der Waals surface area contributed by atoms with Crippen molar-refractivity contribution in [3.63, 3.8) is 0 Å². The lowest BCUT2D eigenvalue weighted by Crippen LogP contribution is -2.47. The fourth-order valence-electron chi connectivity index (χ4n) is 2.76. The zero-order valence-corrected chi connectivity index (χ0v) is 16.8. The van der Waals surface area contributed by atoms with Gasteiger partial charge < -0.3 is 20.3 Å². The molecule has 1 fully saturated rings. The first-order valence-corrected chi connectivity index (χ1v) is 9.41. The van der Waals surface area contributed by atoms with Gasteiger partial charge in [0.15, 0.2) is 5.96 Å². The van der Waals surface area contributed by atoms with E-state index in [1.165, 1.54) is 0 Å². The van der Waals surface area contributed by atoms with Crippen LogP contribution in [0, 0.1) is 5.92 Å². The molecule has 25 heavy (non-hydrogen) atoms. The number of hydrogen-bond donors (Lipinski definition) is 2. The molecule has 0 aliphatic carbocycles. The molecule has 1 aliphatic heterocycles. The van der Waals surface area contributed by atoms with Crippen LogP contribution in [-0.4, -0.2) is 87.2 Å². The summed E-state index contributed by atoms with van der Waals surface area (Å²) in [6.45, 7) is 13.2. The summed E-state index contributed by atoms with van der Waals surface area (Å²) >= 11 is 0. The molecule has 1 heterocycles. The molecule has 7 heteroatoms. The number of likely N-dealkylation sites (tertiary alicyclic amines) is 1. The van der Waals surface area contributed by atoms with Crippen LogP contribution < -0.4 is 10.6 Å². The average molecular weight is 356 g/mol. The Morgan fingerprint density at radius 1 is 1.36 bits per heavy atom. The molecule has 0 bridgehead atoms. The van der Waals surface area contributed by atoms with Crippen LogP contribution in [0.3, 0.4) is 0 Å². The van der Waals surface area contributed by atoms with Gasteiger partial charge in [-0.15, -0.1) is 0 Å². The minimum atomic E-state index is -0.00121. The average Bonchev–Trinajstić information content (AvgIpc) is 2.92. The summed E-state index contributed by atoms with van der Waals surface area (Å²) in [6.07, 6.45) is 0.911. The van der Waals surface area contributed by atoms with Gasteiger partial charge in [0.05, 0.1) is 0 Å². The van der Waals surface area contributed by atoms with Crippen LogP contribution in [0.5, 0.6) is 0 Å². The predicted octanol–water partition coefficient (Wildman–Crippen LogP) is 0.765. The number of guanidine groups is 1. The Hall–Kier alpha value is -1.34. The molecule has 146 valence electrons. The van der Waals surface area contributed by atoms with Crippen molar-refractivity contribution < 1.29 is 9.53 Å². The zero-order chi connectivity index (χ0) is 18.8. The third-order valence-electron chi connectivity index (χ3n) is 4.53. The summed E-state index contributed by atoms with van der Waals surface area (Å²) in [5, 5.41) is 6.86. The van der Waals surface area contributed by atoms with E-state index in [2.05, 4.69) is 41.3 Å². The standard InChI is InChI=1S/C18H37N5O2/c1-7-25-10-8-9-19-18(20-11-17(24)22(5)6)21-16-13-23(14(2)3)12-15(16)4/h14-16H,7-13H2,1-6H3,(H2,19,20,21). The first kappa shape index (κ1) is 21.7. The van der Waals surface area contributed by atoms with Crippen LogP contribution in [0.25, 0.3) is 0 Å². The van der Waals surface area contributed by atoms with E-state index in [4.69, 9.17) is 4.74 Å². The van der Waals surface area contributed by atoms with Gasteiger partial charge in [-0.3, -0.25) is 9.69 Å². The number of carbonyl (C=O) groups is 1. The van der Waals surface area contributed by atoms with Crippen LogP contribution in [-0.2, 0) is 9.53 Å². The summed E-state index contributed by atoms with van der Waals surface area (Å²) in [5.41, 5.74) is 0. The minimum Gasteiger partial charge on any atom is -0.382 e. The van der Waals surface area contributed by atoms with Gasteiger partial charge in [-0.1, -0.05) is 6.92 Å². The van der Waals surface area contributed by atoms with Crippen molar-refractivity contribution in [2.45, 2.75) is 46.2 Å². The Morgan fingerprint density at radius 2 is 2.08 bits per heavy atom. The number of amides is 1. The second-order valence-corrected chi connectivity index (χ2v) is 7.21. The van der Waals surface area contributed by atoms with Crippen LogP contribution in [0.15, 0.2) is 4.99 Å². The lowest BCUT2D eigenvalue weighted by atomic mass is 10.1. The van der Waals surface area contributed by atoms with E-state index in [1.54, 1.807) is 19.0 Å². The summed E-state index contributed by atoms with van der Waals surface area (Å²) < 4.78 is 5.37. The second kappa shape index (κ2) is 11.3. The molecule has 0 aromatic carbocycles. The monoisotopic (exact) mass is 355 g/mol. The molecule has 2 N–H and O–H groups in total. The normalized spacial score (nSPS) is 21.6. The lowest BCUT2D eigenvalue weighted by molar-refractivity contribution is -0.127. The van der Waals surface area contributed by atoms with Crippen molar-refractivity contribution >= 4 is 11.9 Å². The quantitative estimate of drug-likeness (QED) is 0.363. The third kappa shape index (κ3) is 8.05. The zero-order valence-electron chi connectivity index (χ0n) is 16.8. The summed E-state index contributed by atoms with van der Waals surface area (Å²) in [5.74, 6) is 1.26. The fraction of sp³-hybridized carbons (Fsp3) is 0.889. The van der Waals surface area contributed by atoms with Crippen molar-refractivity contribution in [2.75, 3.05) is 53.5 Å².